The minimum atomic E-state index is 0.0948. The van der Waals surface area contributed by atoms with E-state index >= 15 is 0 Å². The number of hydrogen-bond acceptors (Lipinski definition) is 3. The van der Waals surface area contributed by atoms with Gasteiger partial charge in [0, 0.05) is 36.4 Å². The third-order valence-electron chi connectivity index (χ3n) is 6.70. The highest BCUT2D eigenvalue weighted by Gasteiger charge is 2.44. The minimum Gasteiger partial charge on any atom is -0.363 e. The van der Waals surface area contributed by atoms with Crippen LogP contribution in [0.4, 0.5) is 5.69 Å². The average molecular weight is 361 g/mol. The lowest BCUT2D eigenvalue weighted by Gasteiger charge is -2.42. The number of hydrogen-bond donors (Lipinski definition) is 1. The topological polar surface area (TPSA) is 35.6 Å². The van der Waals surface area contributed by atoms with Crippen LogP contribution in [0.25, 0.3) is 0 Å². The van der Waals surface area contributed by atoms with Gasteiger partial charge in [-0.2, -0.15) is 0 Å². The number of benzene rings is 2. The van der Waals surface area contributed by atoms with E-state index in [1.54, 1.807) is 0 Å². The molecule has 0 atom stereocenters. The molecule has 3 aliphatic heterocycles. The van der Waals surface area contributed by atoms with Crippen LogP contribution < -0.4 is 10.2 Å². The Hall–Kier alpha value is -2.33. The molecular formula is C23H27N3O. The van der Waals surface area contributed by atoms with Crippen LogP contribution in [0.5, 0.6) is 0 Å². The van der Waals surface area contributed by atoms with E-state index in [1.807, 2.05) is 12.1 Å². The number of likely N-dealkylation sites (tertiary alicyclic amines) is 1. The van der Waals surface area contributed by atoms with Gasteiger partial charge in [-0.15, -0.1) is 0 Å². The summed E-state index contributed by atoms with van der Waals surface area (Å²) in [4.78, 5) is 17.8. The maximum atomic E-state index is 13.2. The molecular weight excluding hydrogens is 334 g/mol. The first-order valence-electron chi connectivity index (χ1n) is 10.2. The van der Waals surface area contributed by atoms with Gasteiger partial charge < -0.3 is 15.1 Å². The minimum absolute atomic E-state index is 0.0948. The molecule has 4 nitrogen and oxygen atoms in total. The number of carbonyl (C=O) groups excluding carboxylic acids is 1. The molecule has 0 saturated carbocycles. The first-order valence-corrected chi connectivity index (χ1v) is 10.2. The number of rotatable bonds is 2. The Balaban J connectivity index is 1.33. The molecule has 0 aliphatic carbocycles. The Kier molecular flexibility index (Phi) is 4.16. The monoisotopic (exact) mass is 361 g/mol. The third kappa shape index (κ3) is 2.92. The molecule has 0 radical (unpaired) electrons. The van der Waals surface area contributed by atoms with E-state index in [0.717, 1.165) is 64.0 Å². The fourth-order valence-corrected chi connectivity index (χ4v) is 5.15. The summed E-state index contributed by atoms with van der Waals surface area (Å²) >= 11 is 0. The summed E-state index contributed by atoms with van der Waals surface area (Å²) in [7, 11) is 0. The van der Waals surface area contributed by atoms with E-state index in [9.17, 15) is 4.79 Å². The van der Waals surface area contributed by atoms with Crippen molar-refractivity contribution in [2.45, 2.75) is 44.3 Å². The second-order valence-electron chi connectivity index (χ2n) is 8.21. The second-order valence-corrected chi connectivity index (χ2v) is 8.21. The first-order chi connectivity index (χ1) is 13.3. The molecule has 0 aromatic heterocycles. The first kappa shape index (κ1) is 16.8. The van der Waals surface area contributed by atoms with Crippen LogP contribution in [-0.2, 0) is 13.1 Å². The summed E-state index contributed by atoms with van der Waals surface area (Å²) in [5.41, 5.74) is 4.93. The molecule has 1 N–H and O–H groups in total. The lowest BCUT2D eigenvalue weighted by Crippen LogP contribution is -2.53. The average Bonchev–Trinajstić information content (AvgIpc) is 3.32. The number of anilines is 1. The molecule has 1 amide bonds. The van der Waals surface area contributed by atoms with Crippen LogP contribution >= 0.6 is 0 Å². The van der Waals surface area contributed by atoms with E-state index in [2.05, 4.69) is 51.5 Å². The third-order valence-corrected chi connectivity index (χ3v) is 6.70. The van der Waals surface area contributed by atoms with Gasteiger partial charge in [0.05, 0.1) is 0 Å². The second kappa shape index (κ2) is 6.68. The Morgan fingerprint density at radius 3 is 2.22 bits per heavy atom. The Labute approximate surface area is 161 Å². The molecule has 2 aromatic rings. The van der Waals surface area contributed by atoms with Gasteiger partial charge in [-0.25, -0.2) is 0 Å². The van der Waals surface area contributed by atoms with E-state index in [4.69, 9.17) is 0 Å². The van der Waals surface area contributed by atoms with Crippen molar-refractivity contribution in [2.75, 3.05) is 24.5 Å². The molecule has 0 unspecified atom stereocenters. The molecule has 3 aliphatic rings. The van der Waals surface area contributed by atoms with Gasteiger partial charge in [0.15, 0.2) is 0 Å². The summed E-state index contributed by atoms with van der Waals surface area (Å²) in [5, 5.41) is 3.44. The summed E-state index contributed by atoms with van der Waals surface area (Å²) in [5.74, 6) is 0.214. The fourth-order valence-electron chi connectivity index (χ4n) is 5.15. The molecule has 3 heterocycles. The Bertz CT molecular complexity index is 814. The number of fused-ring (bicyclic) bond motifs is 1. The zero-order valence-electron chi connectivity index (χ0n) is 15.8. The Morgan fingerprint density at radius 2 is 1.56 bits per heavy atom. The molecule has 0 bridgehead atoms. The van der Waals surface area contributed by atoms with Crippen molar-refractivity contribution >= 4 is 11.6 Å². The largest absolute Gasteiger partial charge is 0.363 e. The number of nitrogens with zero attached hydrogens (tertiary/aromatic N) is 2. The predicted molar refractivity (Wildman–Crippen MR) is 108 cm³/mol. The molecule has 1 spiro atoms. The van der Waals surface area contributed by atoms with Crippen molar-refractivity contribution in [3.05, 3.63) is 65.2 Å². The highest BCUT2D eigenvalue weighted by atomic mass is 16.2. The van der Waals surface area contributed by atoms with Gasteiger partial charge in [-0.1, -0.05) is 24.3 Å². The van der Waals surface area contributed by atoms with Crippen molar-refractivity contribution in [1.29, 1.82) is 0 Å². The van der Waals surface area contributed by atoms with Gasteiger partial charge in [-0.3, -0.25) is 4.79 Å². The number of carbonyl (C=O) groups is 1. The lowest BCUT2D eigenvalue weighted by molar-refractivity contribution is 0.0519. The van der Waals surface area contributed by atoms with E-state index < -0.39 is 0 Å². The number of piperidine rings is 1. The van der Waals surface area contributed by atoms with Crippen LogP contribution in [0, 0.1) is 0 Å². The zero-order valence-corrected chi connectivity index (χ0v) is 15.8. The van der Waals surface area contributed by atoms with Crippen molar-refractivity contribution in [1.82, 2.24) is 10.2 Å². The standard InChI is InChI=1S/C23H27N3O/c27-22(26-15-3-10-23(26)11-13-24-14-12-23)18-6-8-21(9-7-18)25-16-19-4-1-2-5-20(19)17-25/h1-2,4-9,24H,3,10-17H2. The van der Waals surface area contributed by atoms with E-state index in [-0.39, 0.29) is 11.4 Å². The van der Waals surface area contributed by atoms with Gasteiger partial charge in [0.2, 0.25) is 0 Å². The fraction of sp³-hybridized carbons (Fsp3) is 0.435. The molecule has 27 heavy (non-hydrogen) atoms. The van der Waals surface area contributed by atoms with Gasteiger partial charge in [0.25, 0.3) is 5.91 Å². The normalized spacial score (nSPS) is 20.9. The SMILES string of the molecule is O=C(c1ccc(N2Cc3ccccc3C2)cc1)N1CCCC12CCNCC2. The van der Waals surface area contributed by atoms with Gasteiger partial charge >= 0.3 is 0 Å². The highest BCUT2D eigenvalue weighted by Crippen LogP contribution is 2.38. The van der Waals surface area contributed by atoms with Crippen LogP contribution in [0.15, 0.2) is 48.5 Å². The predicted octanol–water partition coefficient (Wildman–Crippen LogP) is 3.57. The van der Waals surface area contributed by atoms with Crippen molar-refractivity contribution in [3.63, 3.8) is 0 Å². The molecule has 2 fully saturated rings. The van der Waals surface area contributed by atoms with Crippen LogP contribution in [-0.4, -0.2) is 36.0 Å². The number of amides is 1. The van der Waals surface area contributed by atoms with Crippen molar-refractivity contribution < 1.29 is 4.79 Å². The van der Waals surface area contributed by atoms with E-state index in [1.165, 1.54) is 16.8 Å². The van der Waals surface area contributed by atoms with Crippen molar-refractivity contribution in [3.8, 4) is 0 Å². The van der Waals surface area contributed by atoms with Crippen molar-refractivity contribution in [2.24, 2.45) is 0 Å². The maximum Gasteiger partial charge on any atom is 0.254 e. The lowest BCUT2D eigenvalue weighted by atomic mass is 9.85. The van der Waals surface area contributed by atoms with Crippen LogP contribution in [0.1, 0.15) is 47.2 Å². The highest BCUT2D eigenvalue weighted by molar-refractivity contribution is 5.95. The quantitative estimate of drug-likeness (QED) is 0.888. The van der Waals surface area contributed by atoms with Crippen LogP contribution in [0.2, 0.25) is 0 Å². The molecule has 2 saturated heterocycles. The zero-order chi connectivity index (χ0) is 18.3. The van der Waals surface area contributed by atoms with Crippen LogP contribution in [0.3, 0.4) is 0 Å². The number of nitrogens with one attached hydrogen (secondary N) is 1. The summed E-state index contributed by atoms with van der Waals surface area (Å²) in [6, 6.07) is 16.9. The molecule has 5 rings (SSSR count). The Morgan fingerprint density at radius 1 is 0.889 bits per heavy atom. The smallest absolute Gasteiger partial charge is 0.254 e. The summed E-state index contributed by atoms with van der Waals surface area (Å²) < 4.78 is 0. The summed E-state index contributed by atoms with van der Waals surface area (Å²) in [6.45, 7) is 4.86. The molecule has 2 aromatic carbocycles. The van der Waals surface area contributed by atoms with Gasteiger partial charge in [-0.05, 0) is 74.2 Å². The molecule has 4 heteroatoms. The molecule has 140 valence electrons. The summed E-state index contributed by atoms with van der Waals surface area (Å²) in [6.07, 6.45) is 4.46. The maximum absolute atomic E-state index is 13.2. The van der Waals surface area contributed by atoms with Gasteiger partial charge in [0.1, 0.15) is 0 Å². The van der Waals surface area contributed by atoms with E-state index in [0.29, 0.717) is 0 Å².